The zero-order valence-corrected chi connectivity index (χ0v) is 34.0. The van der Waals surface area contributed by atoms with Crippen LogP contribution in [0.3, 0.4) is 0 Å². The van der Waals surface area contributed by atoms with Crippen LogP contribution in [0.4, 0.5) is 11.6 Å². The number of pyridine rings is 2. The summed E-state index contributed by atoms with van der Waals surface area (Å²) < 4.78 is 14.6. The zero-order valence-electron chi connectivity index (χ0n) is 29.2. The third kappa shape index (κ3) is 9.22. The maximum atomic E-state index is 14.6. The Hall–Kier alpha value is -3.80. The highest BCUT2D eigenvalue weighted by atomic mass is 79.9. The number of imidazole rings is 1. The van der Waals surface area contributed by atoms with Crippen LogP contribution >= 0.6 is 31.9 Å². The molecule has 0 bridgehead atoms. The Balaban J connectivity index is 0.00000364. The molecular weight excluding hydrogens is 868 g/mol. The number of nitrogens with one attached hydrogen (secondary N) is 2. The number of H-pyrrole nitrogens is 1. The summed E-state index contributed by atoms with van der Waals surface area (Å²) >= 11 is 7.32. The number of ether oxygens (including phenoxy) is 2. The van der Waals surface area contributed by atoms with Gasteiger partial charge in [-0.25, -0.2) is 15.0 Å². The smallest absolute Gasteiger partial charge is 0.349 e. The Morgan fingerprint density at radius 3 is 2.35 bits per heavy atom. The van der Waals surface area contributed by atoms with Gasteiger partial charge in [0.1, 0.15) is 23.9 Å². The number of amides is 1. The molecule has 1 aliphatic heterocycles. The predicted octanol–water partition coefficient (Wildman–Crippen LogP) is 3.69. The lowest BCUT2D eigenvalue weighted by atomic mass is 10.00. The van der Waals surface area contributed by atoms with E-state index in [0.29, 0.717) is 86.6 Å². The average molecular weight is 914 g/mol. The first-order chi connectivity index (χ1) is 23.7. The molecule has 282 valence electrons. The van der Waals surface area contributed by atoms with Crippen LogP contribution < -0.4 is 37.3 Å². The van der Waals surface area contributed by atoms with Gasteiger partial charge in [0.15, 0.2) is 12.0 Å². The molecule has 1 aliphatic rings. The van der Waals surface area contributed by atoms with Crippen molar-refractivity contribution in [2.45, 2.75) is 52.7 Å². The number of rotatable bonds is 12. The Labute approximate surface area is 330 Å². The van der Waals surface area contributed by atoms with Crippen molar-refractivity contribution in [3.05, 3.63) is 78.0 Å². The Kier molecular flexibility index (Phi) is 14.6. The van der Waals surface area contributed by atoms with Crippen molar-refractivity contribution in [3.8, 4) is 22.6 Å². The number of likely N-dealkylation sites (tertiary alicyclic amines) is 1. The zero-order chi connectivity index (χ0) is 36.3. The van der Waals surface area contributed by atoms with Crippen molar-refractivity contribution in [3.63, 3.8) is 0 Å². The maximum Gasteiger partial charge on any atom is 0.349 e. The van der Waals surface area contributed by atoms with Crippen molar-refractivity contribution >= 4 is 60.3 Å². The van der Waals surface area contributed by atoms with Crippen LogP contribution in [-0.2, 0) is 11.3 Å². The maximum absolute atomic E-state index is 14.6. The normalized spacial score (nSPS) is 13.6. The van der Waals surface area contributed by atoms with Crippen LogP contribution in [0.5, 0.6) is 11.5 Å². The van der Waals surface area contributed by atoms with Crippen molar-refractivity contribution in [1.29, 1.82) is 0 Å². The summed E-state index contributed by atoms with van der Waals surface area (Å²) in [4.78, 5) is 51.7. The largest absolute Gasteiger partial charge is 1.00 e. The molecule has 3 aromatic heterocycles. The number of likely N-dealkylation sites (N-methyl/N-ethyl adjacent to an activating group) is 1. The lowest BCUT2D eigenvalue weighted by molar-refractivity contribution is -0.898. The van der Waals surface area contributed by atoms with Crippen molar-refractivity contribution in [2.75, 3.05) is 53.3 Å². The third-order valence-corrected chi connectivity index (χ3v) is 10.2. The third-order valence-electron chi connectivity index (χ3n) is 8.66. The van der Waals surface area contributed by atoms with Gasteiger partial charge >= 0.3 is 5.82 Å². The summed E-state index contributed by atoms with van der Waals surface area (Å²) in [5.41, 5.74) is 1.98. The summed E-state index contributed by atoms with van der Waals surface area (Å²) in [6, 6.07) is 5.46. The number of hydrogen-bond donors (Lipinski definition) is 2. The molecule has 0 saturated carbocycles. The number of carbonyl (C=O) groups is 1. The molecule has 1 saturated heterocycles. The molecule has 1 fully saturated rings. The topological polar surface area (TPSA) is 158 Å². The number of carbonyl (C=O) groups excluding carboxylic acids is 1. The Morgan fingerprint density at radius 1 is 1.13 bits per heavy atom. The number of fused-ring (bicyclic) bond motifs is 1. The van der Waals surface area contributed by atoms with E-state index in [1.165, 1.54) is 6.33 Å². The second-order valence-corrected chi connectivity index (χ2v) is 14.7. The summed E-state index contributed by atoms with van der Waals surface area (Å²) in [6.45, 7) is 5.78. The van der Waals surface area contributed by atoms with E-state index in [4.69, 9.17) is 9.47 Å². The monoisotopic (exact) mass is 910 g/mol. The van der Waals surface area contributed by atoms with Crippen LogP contribution in [0, 0.1) is 10.1 Å². The van der Waals surface area contributed by atoms with Crippen molar-refractivity contribution in [1.82, 2.24) is 24.4 Å². The second-order valence-electron chi connectivity index (χ2n) is 13.1. The van der Waals surface area contributed by atoms with E-state index in [1.807, 2.05) is 44.6 Å². The fraction of sp³-hybridized carbons (Fsp3) is 0.429. The molecule has 17 heteroatoms. The van der Waals surface area contributed by atoms with Crippen molar-refractivity contribution in [2.24, 2.45) is 0 Å². The fourth-order valence-electron chi connectivity index (χ4n) is 6.22. The number of aromatic nitrogens is 4. The molecule has 0 unspecified atom stereocenters. The number of piperidine rings is 1. The minimum atomic E-state index is -0.481. The van der Waals surface area contributed by atoms with Gasteiger partial charge in [0.2, 0.25) is 5.91 Å². The molecule has 14 nitrogen and oxygen atoms in total. The number of halogens is 3. The minimum absolute atomic E-state index is 0. The molecule has 5 rings (SSSR count). The van der Waals surface area contributed by atoms with Crippen LogP contribution in [0.1, 0.15) is 45.9 Å². The first-order valence-electron chi connectivity index (χ1n) is 16.1. The molecule has 0 radical (unpaired) electrons. The molecule has 0 aliphatic carbocycles. The number of nitro groups is 1. The van der Waals surface area contributed by atoms with E-state index in [2.05, 4.69) is 52.1 Å². The Bertz CT molecular complexity index is 1980. The van der Waals surface area contributed by atoms with Gasteiger partial charge in [-0.15, -0.1) is 0 Å². The fourth-order valence-corrected chi connectivity index (χ4v) is 7.86. The number of aromatic amines is 1. The molecular formula is C35H45Br3N8O6. The summed E-state index contributed by atoms with van der Waals surface area (Å²) in [7, 11) is 6.96. The van der Waals surface area contributed by atoms with Crippen LogP contribution in [0.15, 0.2) is 56.6 Å². The molecule has 4 aromatic rings. The molecule has 1 aromatic carbocycles. The highest BCUT2D eigenvalue weighted by Gasteiger charge is 2.29. The van der Waals surface area contributed by atoms with E-state index in [-0.39, 0.29) is 53.8 Å². The highest BCUT2D eigenvalue weighted by molar-refractivity contribution is 9.11. The lowest BCUT2D eigenvalue weighted by Crippen LogP contribution is -3.00. The van der Waals surface area contributed by atoms with Crippen LogP contribution in [-0.4, -0.2) is 93.7 Å². The highest BCUT2D eigenvalue weighted by Crippen LogP contribution is 2.46. The first kappa shape index (κ1) is 42.6. The van der Waals surface area contributed by atoms with Gasteiger partial charge < -0.3 is 55.8 Å². The van der Waals surface area contributed by atoms with E-state index >= 15 is 0 Å². The summed E-state index contributed by atoms with van der Waals surface area (Å²) in [6.07, 6.45) is 7.58. The number of anilines is 1. The molecule has 1 amide bonds. The van der Waals surface area contributed by atoms with Crippen molar-refractivity contribution < 1.29 is 40.7 Å². The van der Waals surface area contributed by atoms with Crippen LogP contribution in [0.25, 0.3) is 22.0 Å². The minimum Gasteiger partial charge on any atom is -1.00 e. The van der Waals surface area contributed by atoms with Gasteiger partial charge in [-0.05, 0) is 75.6 Å². The number of benzene rings is 1. The van der Waals surface area contributed by atoms with Gasteiger partial charge in [0.25, 0.3) is 5.56 Å². The van der Waals surface area contributed by atoms with Gasteiger partial charge in [-0.1, -0.05) is 7.43 Å². The standard InChI is InChI=1S/C34H40Br2N8O6.CH4.BrH/c1-20(2)40-28-15-25-21(17-37-28)14-23(30-31(35)26(49-5)16-27(50-6)32(30)36)34(46)42(25)22-9-11-41(12-10-22)29(45)8-7-13-44(3,4)18-24-33(43(47)48)39-19-38-24;;/h7-8,14-17,19-20,22H,9-13,18H2,1-6H3,(H-,37,38,39,40,46);1H4;1H/b8-7+;;. The number of hydrogen-bond acceptors (Lipinski definition) is 9. The molecule has 0 spiro atoms. The van der Waals surface area contributed by atoms with E-state index in [0.717, 1.165) is 10.9 Å². The predicted molar refractivity (Wildman–Crippen MR) is 205 cm³/mol. The summed E-state index contributed by atoms with van der Waals surface area (Å²) in [5.74, 6) is 1.46. The van der Waals surface area contributed by atoms with E-state index in [1.54, 1.807) is 43.5 Å². The molecule has 4 heterocycles. The second kappa shape index (κ2) is 17.8. The van der Waals surface area contributed by atoms with Gasteiger partial charge in [0, 0.05) is 60.5 Å². The first-order valence-corrected chi connectivity index (χ1v) is 17.7. The lowest BCUT2D eigenvalue weighted by Gasteiger charge is -2.33. The van der Waals surface area contributed by atoms with Crippen LogP contribution in [0.2, 0.25) is 0 Å². The summed E-state index contributed by atoms with van der Waals surface area (Å²) in [5, 5.41) is 15.4. The average Bonchev–Trinajstić information content (AvgIpc) is 3.53. The SMILES string of the molecule is C.COc1cc(OC)c(Br)c(-c2cc3cnc(NC(C)C)cc3n(C3CCN(C(=O)/C=C/C[N+](C)(C)Cc4nc[nH]c4[N+](=O)[O-])CC3)c2=O)c1Br.[Br-]. The Morgan fingerprint density at radius 2 is 1.77 bits per heavy atom. The number of methoxy groups -OCH3 is 2. The van der Waals surface area contributed by atoms with Gasteiger partial charge in [-0.3, -0.25) is 9.59 Å². The number of nitrogens with zero attached hydrogens (tertiary/aromatic N) is 6. The van der Waals surface area contributed by atoms with E-state index < -0.39 is 4.92 Å². The van der Waals surface area contributed by atoms with E-state index in [9.17, 15) is 19.7 Å². The quantitative estimate of drug-likeness (QED) is 0.0937. The molecule has 2 N–H and O–H groups in total. The van der Waals surface area contributed by atoms with Gasteiger partial charge in [0.05, 0.1) is 54.9 Å². The van der Waals surface area contributed by atoms with Gasteiger partial charge in [-0.2, -0.15) is 0 Å². The molecule has 0 atom stereocenters. The molecule has 52 heavy (non-hydrogen) atoms. The number of quaternary nitrogens is 1.